The van der Waals surface area contributed by atoms with Crippen molar-refractivity contribution in [3.8, 4) is 5.69 Å². The van der Waals surface area contributed by atoms with Gasteiger partial charge in [0.2, 0.25) is 5.91 Å². The van der Waals surface area contributed by atoms with Gasteiger partial charge in [-0.15, -0.1) is 0 Å². The predicted octanol–water partition coefficient (Wildman–Crippen LogP) is 3.52. The van der Waals surface area contributed by atoms with Gasteiger partial charge in [0.1, 0.15) is 6.04 Å². The maximum atomic E-state index is 13.5. The van der Waals surface area contributed by atoms with E-state index in [1.807, 2.05) is 72.1 Å². The first-order valence-electron chi connectivity index (χ1n) is 10.8. The Bertz CT molecular complexity index is 1010. The van der Waals surface area contributed by atoms with Gasteiger partial charge in [0.15, 0.2) is 0 Å². The van der Waals surface area contributed by atoms with Gasteiger partial charge in [0.05, 0.1) is 24.6 Å². The lowest BCUT2D eigenvalue weighted by Gasteiger charge is -2.34. The van der Waals surface area contributed by atoms with Crippen LogP contribution in [0.2, 0.25) is 0 Å². The molecule has 2 heterocycles. The number of rotatable bonds is 6. The summed E-state index contributed by atoms with van der Waals surface area (Å²) in [5.74, 6) is 0.128. The van der Waals surface area contributed by atoms with Crippen molar-refractivity contribution >= 4 is 5.91 Å². The van der Waals surface area contributed by atoms with Gasteiger partial charge >= 0.3 is 0 Å². The number of para-hydroxylation sites is 1. The first-order chi connectivity index (χ1) is 15.1. The number of carbonyl (C=O) groups is 1. The minimum Gasteiger partial charge on any atom is -0.378 e. The van der Waals surface area contributed by atoms with Crippen LogP contribution in [0.4, 0.5) is 0 Å². The molecule has 0 bridgehead atoms. The summed E-state index contributed by atoms with van der Waals surface area (Å²) in [6, 6.07) is 19.8. The Kier molecular flexibility index (Phi) is 6.49. The fraction of sp³-hybridized carbons (Fsp3) is 0.360. The average Bonchev–Trinajstić information content (AvgIpc) is 3.09. The van der Waals surface area contributed by atoms with E-state index in [-0.39, 0.29) is 11.9 Å². The number of likely N-dealkylation sites (N-methyl/N-ethyl adjacent to an activating group) is 1. The molecule has 1 atom stereocenters. The quantitative estimate of drug-likeness (QED) is 0.615. The molecule has 0 aliphatic carbocycles. The molecule has 0 unspecified atom stereocenters. The highest BCUT2D eigenvalue weighted by molar-refractivity contribution is 5.83. The molecule has 0 spiro atoms. The number of nitrogens with zero attached hydrogens (tertiary/aromatic N) is 4. The van der Waals surface area contributed by atoms with Crippen molar-refractivity contribution in [2.45, 2.75) is 26.4 Å². The molecule has 6 heteroatoms. The van der Waals surface area contributed by atoms with Gasteiger partial charge in [-0.05, 0) is 38.6 Å². The van der Waals surface area contributed by atoms with Gasteiger partial charge in [0, 0.05) is 30.9 Å². The van der Waals surface area contributed by atoms with Crippen molar-refractivity contribution in [2.75, 3.05) is 33.4 Å². The van der Waals surface area contributed by atoms with Crippen LogP contribution in [0.5, 0.6) is 0 Å². The second kappa shape index (κ2) is 9.45. The first-order valence-corrected chi connectivity index (χ1v) is 10.8. The monoisotopic (exact) mass is 418 g/mol. The Morgan fingerprint density at radius 3 is 2.29 bits per heavy atom. The fourth-order valence-corrected chi connectivity index (χ4v) is 4.24. The standard InChI is InChI=1S/C25H30N4O2/c1-19-23(20(2)29(26-19)22-12-8-5-9-13-22)18-27(3)24(21-10-6-4-7-11-21)25(30)28-14-16-31-17-15-28/h4-13,24H,14-18H2,1-3H3/t24-/m0/s1. The second-order valence-corrected chi connectivity index (χ2v) is 8.06. The zero-order chi connectivity index (χ0) is 21.8. The van der Waals surface area contributed by atoms with Crippen molar-refractivity contribution in [1.29, 1.82) is 0 Å². The number of amides is 1. The molecular weight excluding hydrogens is 388 g/mol. The fourth-order valence-electron chi connectivity index (χ4n) is 4.24. The van der Waals surface area contributed by atoms with Crippen molar-refractivity contribution in [3.63, 3.8) is 0 Å². The molecule has 31 heavy (non-hydrogen) atoms. The van der Waals surface area contributed by atoms with Crippen LogP contribution < -0.4 is 0 Å². The third-order valence-electron chi connectivity index (χ3n) is 5.96. The SMILES string of the molecule is Cc1nn(-c2ccccc2)c(C)c1CN(C)[C@H](C(=O)N1CCOCC1)c1ccccc1. The zero-order valence-electron chi connectivity index (χ0n) is 18.5. The Morgan fingerprint density at radius 1 is 1.03 bits per heavy atom. The van der Waals surface area contributed by atoms with E-state index in [2.05, 4.69) is 24.0 Å². The van der Waals surface area contributed by atoms with Crippen LogP contribution in [-0.4, -0.2) is 58.8 Å². The zero-order valence-corrected chi connectivity index (χ0v) is 18.5. The van der Waals surface area contributed by atoms with Gasteiger partial charge in [-0.25, -0.2) is 4.68 Å². The van der Waals surface area contributed by atoms with E-state index >= 15 is 0 Å². The number of aromatic nitrogens is 2. The number of benzene rings is 2. The lowest BCUT2D eigenvalue weighted by Crippen LogP contribution is -2.46. The molecule has 1 aromatic heterocycles. The normalized spacial score (nSPS) is 15.3. The van der Waals surface area contributed by atoms with E-state index in [9.17, 15) is 4.79 Å². The van der Waals surface area contributed by atoms with Gasteiger partial charge in [-0.2, -0.15) is 5.10 Å². The van der Waals surface area contributed by atoms with Crippen LogP contribution in [0.15, 0.2) is 60.7 Å². The second-order valence-electron chi connectivity index (χ2n) is 8.06. The number of carbonyl (C=O) groups excluding carboxylic acids is 1. The number of aryl methyl sites for hydroxylation is 1. The molecule has 1 aliphatic heterocycles. The van der Waals surface area contributed by atoms with Crippen molar-refractivity contribution in [2.24, 2.45) is 0 Å². The summed E-state index contributed by atoms with van der Waals surface area (Å²) in [4.78, 5) is 17.6. The summed E-state index contributed by atoms with van der Waals surface area (Å²) in [5.41, 5.74) is 5.29. The summed E-state index contributed by atoms with van der Waals surface area (Å²) in [6.45, 7) is 7.24. The molecule has 4 rings (SSSR count). The maximum absolute atomic E-state index is 13.5. The molecule has 3 aromatic rings. The number of hydrogen-bond acceptors (Lipinski definition) is 4. The molecule has 6 nitrogen and oxygen atoms in total. The summed E-state index contributed by atoms with van der Waals surface area (Å²) in [7, 11) is 2.02. The first kappa shape index (κ1) is 21.3. The van der Waals surface area contributed by atoms with E-state index in [0.717, 1.165) is 28.2 Å². The van der Waals surface area contributed by atoms with Crippen molar-refractivity contribution in [3.05, 3.63) is 83.2 Å². The van der Waals surface area contributed by atoms with Crippen LogP contribution >= 0.6 is 0 Å². The van der Waals surface area contributed by atoms with Gasteiger partial charge in [-0.3, -0.25) is 9.69 Å². The number of hydrogen-bond donors (Lipinski definition) is 0. The van der Waals surface area contributed by atoms with Crippen LogP contribution in [0.1, 0.15) is 28.6 Å². The highest BCUT2D eigenvalue weighted by Gasteiger charge is 2.31. The maximum Gasteiger partial charge on any atom is 0.244 e. The Labute approximate surface area is 184 Å². The van der Waals surface area contributed by atoms with Crippen LogP contribution in [0, 0.1) is 13.8 Å². The van der Waals surface area contributed by atoms with Crippen LogP contribution in [-0.2, 0) is 16.1 Å². The molecule has 1 fully saturated rings. The average molecular weight is 419 g/mol. The Morgan fingerprint density at radius 2 is 1.65 bits per heavy atom. The molecule has 0 N–H and O–H groups in total. The van der Waals surface area contributed by atoms with E-state index in [1.54, 1.807) is 0 Å². The molecular formula is C25H30N4O2. The number of morpholine rings is 1. The van der Waals surface area contributed by atoms with Gasteiger partial charge in [0.25, 0.3) is 0 Å². The van der Waals surface area contributed by atoms with E-state index in [1.165, 1.54) is 0 Å². The van der Waals surface area contributed by atoms with E-state index < -0.39 is 0 Å². The highest BCUT2D eigenvalue weighted by Crippen LogP contribution is 2.27. The minimum absolute atomic E-state index is 0.128. The van der Waals surface area contributed by atoms with E-state index in [4.69, 9.17) is 9.84 Å². The highest BCUT2D eigenvalue weighted by atomic mass is 16.5. The third kappa shape index (κ3) is 4.55. The van der Waals surface area contributed by atoms with Gasteiger partial charge in [-0.1, -0.05) is 48.5 Å². The summed E-state index contributed by atoms with van der Waals surface area (Å²) in [5, 5.41) is 4.78. The van der Waals surface area contributed by atoms with Crippen molar-refractivity contribution < 1.29 is 9.53 Å². The summed E-state index contributed by atoms with van der Waals surface area (Å²) < 4.78 is 7.44. The van der Waals surface area contributed by atoms with Gasteiger partial charge < -0.3 is 9.64 Å². The topological polar surface area (TPSA) is 50.6 Å². The van der Waals surface area contributed by atoms with Crippen LogP contribution in [0.3, 0.4) is 0 Å². The lowest BCUT2D eigenvalue weighted by molar-refractivity contribution is -0.141. The third-order valence-corrected chi connectivity index (χ3v) is 5.96. The minimum atomic E-state index is -0.349. The largest absolute Gasteiger partial charge is 0.378 e. The molecule has 2 aromatic carbocycles. The molecule has 0 radical (unpaired) electrons. The molecule has 1 amide bonds. The molecule has 0 saturated carbocycles. The predicted molar refractivity (Wildman–Crippen MR) is 121 cm³/mol. The van der Waals surface area contributed by atoms with E-state index in [0.29, 0.717) is 32.8 Å². The number of ether oxygens (including phenoxy) is 1. The summed E-state index contributed by atoms with van der Waals surface area (Å²) >= 11 is 0. The molecule has 1 saturated heterocycles. The summed E-state index contributed by atoms with van der Waals surface area (Å²) in [6.07, 6.45) is 0. The lowest BCUT2D eigenvalue weighted by atomic mass is 10.0. The Balaban J connectivity index is 1.63. The smallest absolute Gasteiger partial charge is 0.244 e. The molecule has 162 valence electrons. The van der Waals surface area contributed by atoms with Crippen molar-refractivity contribution in [1.82, 2.24) is 19.6 Å². The van der Waals surface area contributed by atoms with Crippen LogP contribution in [0.25, 0.3) is 5.69 Å². The molecule has 1 aliphatic rings. The Hall–Kier alpha value is -2.96.